The van der Waals surface area contributed by atoms with Gasteiger partial charge in [0.05, 0.1) is 16.4 Å². The molecule has 0 fully saturated rings. The van der Waals surface area contributed by atoms with Crippen molar-refractivity contribution in [3.63, 3.8) is 0 Å². The van der Waals surface area contributed by atoms with E-state index in [-0.39, 0.29) is 17.2 Å². The minimum Gasteiger partial charge on any atom is -0.478 e. The number of carboxylic acids is 1. The molecule has 1 atom stereocenters. The molecule has 0 aliphatic carbocycles. The van der Waals surface area contributed by atoms with E-state index in [1.54, 1.807) is 13.8 Å². The Labute approximate surface area is 150 Å². The first kappa shape index (κ1) is 19.2. The van der Waals surface area contributed by atoms with E-state index in [0.717, 1.165) is 6.42 Å². The molecule has 0 saturated carbocycles. The summed E-state index contributed by atoms with van der Waals surface area (Å²) >= 11 is 0. The number of nitrogens with zero attached hydrogens (tertiary/aromatic N) is 1. The highest BCUT2D eigenvalue weighted by Crippen LogP contribution is 2.38. The number of carbonyl (C=O) groups is 2. The second-order valence-corrected chi connectivity index (χ2v) is 6.05. The van der Waals surface area contributed by atoms with Crippen molar-refractivity contribution in [3.8, 4) is 0 Å². The number of hydrogen-bond acceptors (Lipinski definition) is 5. The Morgan fingerprint density at radius 3 is 2.27 bits per heavy atom. The van der Waals surface area contributed by atoms with Crippen molar-refractivity contribution in [2.75, 3.05) is 6.54 Å². The molecule has 1 unspecified atom stereocenters. The van der Waals surface area contributed by atoms with Crippen LogP contribution in [0.4, 0.5) is 5.69 Å². The van der Waals surface area contributed by atoms with Crippen LogP contribution in [0.1, 0.15) is 38.7 Å². The van der Waals surface area contributed by atoms with Gasteiger partial charge in [0.25, 0.3) is 5.69 Å². The summed E-state index contributed by atoms with van der Waals surface area (Å²) in [4.78, 5) is 34.9. The van der Waals surface area contributed by atoms with Gasteiger partial charge in [-0.15, -0.1) is 0 Å². The van der Waals surface area contributed by atoms with Crippen LogP contribution < -0.4 is 10.6 Å². The van der Waals surface area contributed by atoms with Crippen LogP contribution in [0, 0.1) is 10.1 Å². The van der Waals surface area contributed by atoms with Crippen LogP contribution in [-0.4, -0.2) is 28.5 Å². The molecule has 1 aliphatic rings. The molecule has 3 N–H and O–H groups in total. The predicted octanol–water partition coefficient (Wildman–Crippen LogP) is 2.44. The van der Waals surface area contributed by atoms with Crippen LogP contribution in [0.3, 0.4) is 0 Å². The number of hydrogen-bond donors (Lipinski definition) is 3. The number of nitro groups is 1. The van der Waals surface area contributed by atoms with Crippen molar-refractivity contribution in [1.82, 2.24) is 10.6 Å². The standard InChI is InChI=1S/C18H21N3O5/c1-4-9-19-17(22)14-10(2)20-11(3)15(18(23)24)16(14)12-5-7-13(8-6-12)21(25)26/h5-8,16,20H,4,9H2,1-3H3,(H,19,22)(H,23,24). The number of carbonyl (C=O) groups excluding carboxylic acids is 1. The topological polar surface area (TPSA) is 122 Å². The van der Waals surface area contributed by atoms with Crippen LogP contribution in [0.2, 0.25) is 0 Å². The summed E-state index contributed by atoms with van der Waals surface area (Å²) in [5, 5.41) is 26.3. The molecule has 138 valence electrons. The van der Waals surface area contributed by atoms with Crippen molar-refractivity contribution in [3.05, 3.63) is 62.5 Å². The van der Waals surface area contributed by atoms with E-state index >= 15 is 0 Å². The van der Waals surface area contributed by atoms with Gasteiger partial charge >= 0.3 is 5.97 Å². The van der Waals surface area contributed by atoms with Crippen LogP contribution in [-0.2, 0) is 9.59 Å². The summed E-state index contributed by atoms with van der Waals surface area (Å²) in [6.45, 7) is 5.72. The molecular formula is C18H21N3O5. The number of rotatable bonds is 6. The van der Waals surface area contributed by atoms with Gasteiger partial charge in [-0.2, -0.15) is 0 Å². The first-order chi connectivity index (χ1) is 12.3. The molecule has 0 bridgehead atoms. The van der Waals surface area contributed by atoms with E-state index in [2.05, 4.69) is 10.6 Å². The molecule has 0 radical (unpaired) electrons. The Morgan fingerprint density at radius 2 is 1.77 bits per heavy atom. The number of amides is 1. The zero-order valence-corrected chi connectivity index (χ0v) is 14.8. The quantitative estimate of drug-likeness (QED) is 0.530. The number of non-ortho nitro benzene ring substituents is 1. The third-order valence-electron chi connectivity index (χ3n) is 4.21. The van der Waals surface area contributed by atoms with Gasteiger partial charge in [-0.25, -0.2) is 4.79 Å². The number of dihydropyridines is 1. The molecule has 1 aliphatic heterocycles. The lowest BCUT2D eigenvalue weighted by Crippen LogP contribution is -2.36. The molecule has 0 aromatic heterocycles. The summed E-state index contributed by atoms with van der Waals surface area (Å²) in [6, 6.07) is 5.60. The summed E-state index contributed by atoms with van der Waals surface area (Å²) < 4.78 is 0. The molecule has 0 saturated heterocycles. The van der Waals surface area contributed by atoms with Crippen LogP contribution in [0.5, 0.6) is 0 Å². The van der Waals surface area contributed by atoms with E-state index in [9.17, 15) is 24.8 Å². The normalized spacial score (nSPS) is 17.0. The Hall–Kier alpha value is -3.16. The molecule has 1 aromatic carbocycles. The van der Waals surface area contributed by atoms with Crippen molar-refractivity contribution in [2.45, 2.75) is 33.1 Å². The minimum atomic E-state index is -1.15. The number of carboxylic acid groups (broad SMARTS) is 1. The second kappa shape index (κ2) is 7.81. The van der Waals surface area contributed by atoms with Gasteiger partial charge in [-0.1, -0.05) is 19.1 Å². The van der Waals surface area contributed by atoms with Gasteiger partial charge in [-0.05, 0) is 25.8 Å². The number of allylic oxidation sites excluding steroid dienone is 2. The monoisotopic (exact) mass is 359 g/mol. The molecule has 1 heterocycles. The maximum absolute atomic E-state index is 12.7. The van der Waals surface area contributed by atoms with Gasteiger partial charge < -0.3 is 15.7 Å². The Balaban J connectivity index is 2.57. The molecular weight excluding hydrogens is 338 g/mol. The van der Waals surface area contributed by atoms with E-state index in [4.69, 9.17) is 0 Å². The molecule has 8 nitrogen and oxygen atoms in total. The van der Waals surface area contributed by atoms with E-state index in [0.29, 0.717) is 29.1 Å². The fourth-order valence-electron chi connectivity index (χ4n) is 3.03. The highest BCUT2D eigenvalue weighted by atomic mass is 16.6. The van der Waals surface area contributed by atoms with Crippen molar-refractivity contribution >= 4 is 17.6 Å². The zero-order valence-electron chi connectivity index (χ0n) is 14.8. The average Bonchev–Trinajstić information content (AvgIpc) is 2.58. The largest absolute Gasteiger partial charge is 0.478 e. The Morgan fingerprint density at radius 1 is 1.19 bits per heavy atom. The van der Waals surface area contributed by atoms with Crippen LogP contribution >= 0.6 is 0 Å². The average molecular weight is 359 g/mol. The minimum absolute atomic E-state index is 0.0473. The van der Waals surface area contributed by atoms with Gasteiger partial charge in [0.15, 0.2) is 0 Å². The maximum Gasteiger partial charge on any atom is 0.334 e. The van der Waals surface area contributed by atoms with Gasteiger partial charge in [-0.3, -0.25) is 14.9 Å². The fraction of sp³-hybridized carbons (Fsp3) is 0.333. The highest BCUT2D eigenvalue weighted by Gasteiger charge is 2.36. The first-order valence-electron chi connectivity index (χ1n) is 8.22. The summed E-state index contributed by atoms with van der Waals surface area (Å²) in [6.07, 6.45) is 0.744. The van der Waals surface area contributed by atoms with Gasteiger partial charge in [0.2, 0.25) is 5.91 Å². The summed E-state index contributed by atoms with van der Waals surface area (Å²) in [7, 11) is 0. The van der Waals surface area contributed by atoms with Crippen molar-refractivity contribution in [1.29, 1.82) is 0 Å². The van der Waals surface area contributed by atoms with Gasteiger partial charge in [0.1, 0.15) is 0 Å². The van der Waals surface area contributed by atoms with E-state index < -0.39 is 16.8 Å². The molecule has 26 heavy (non-hydrogen) atoms. The number of nitro benzene ring substituents is 1. The number of nitrogens with one attached hydrogen (secondary N) is 2. The second-order valence-electron chi connectivity index (χ2n) is 6.05. The Kier molecular flexibility index (Phi) is 5.76. The number of aliphatic carboxylic acids is 1. The Bertz CT molecular complexity index is 809. The molecule has 1 amide bonds. The molecule has 0 spiro atoms. The van der Waals surface area contributed by atoms with Crippen LogP contribution in [0.15, 0.2) is 46.8 Å². The first-order valence-corrected chi connectivity index (χ1v) is 8.22. The van der Waals surface area contributed by atoms with Crippen LogP contribution in [0.25, 0.3) is 0 Å². The lowest BCUT2D eigenvalue weighted by Gasteiger charge is -2.30. The lowest BCUT2D eigenvalue weighted by atomic mass is 9.80. The van der Waals surface area contributed by atoms with Crippen molar-refractivity contribution in [2.24, 2.45) is 0 Å². The molecule has 2 rings (SSSR count). The fourth-order valence-corrected chi connectivity index (χ4v) is 3.03. The third kappa shape index (κ3) is 3.74. The summed E-state index contributed by atoms with van der Waals surface area (Å²) in [5.41, 5.74) is 1.75. The maximum atomic E-state index is 12.7. The number of benzene rings is 1. The predicted molar refractivity (Wildman–Crippen MR) is 95.3 cm³/mol. The highest BCUT2D eigenvalue weighted by molar-refractivity contribution is 6.01. The molecule has 1 aromatic rings. The van der Waals surface area contributed by atoms with Crippen molar-refractivity contribution < 1.29 is 19.6 Å². The third-order valence-corrected chi connectivity index (χ3v) is 4.21. The van der Waals surface area contributed by atoms with E-state index in [1.807, 2.05) is 6.92 Å². The summed E-state index contributed by atoms with van der Waals surface area (Å²) in [5.74, 6) is -2.32. The SMILES string of the molecule is CCCNC(=O)C1=C(C)NC(C)=C(C(=O)O)C1c1ccc([N+](=O)[O-])cc1. The van der Waals surface area contributed by atoms with Gasteiger partial charge in [0, 0.05) is 35.6 Å². The zero-order chi connectivity index (χ0) is 19.4. The smallest absolute Gasteiger partial charge is 0.334 e. The molecule has 8 heteroatoms. The lowest BCUT2D eigenvalue weighted by molar-refractivity contribution is -0.384. The van der Waals surface area contributed by atoms with E-state index in [1.165, 1.54) is 24.3 Å².